The van der Waals surface area contributed by atoms with Gasteiger partial charge in [0.2, 0.25) is 0 Å². The van der Waals surface area contributed by atoms with Crippen LogP contribution < -0.4 is 10.6 Å². The van der Waals surface area contributed by atoms with Gasteiger partial charge < -0.3 is 25.5 Å². The van der Waals surface area contributed by atoms with Crippen LogP contribution in [0.3, 0.4) is 0 Å². The maximum atomic E-state index is 14.2. The number of nitrogens with one attached hydrogen (secondary N) is 2. The second-order valence-corrected chi connectivity index (χ2v) is 9.57. The number of rotatable bonds is 9. The van der Waals surface area contributed by atoms with Gasteiger partial charge in [-0.25, -0.2) is 8.78 Å². The van der Waals surface area contributed by atoms with Crippen LogP contribution in [0.25, 0.3) is 0 Å². The van der Waals surface area contributed by atoms with Gasteiger partial charge in [-0.05, 0) is 51.1 Å². The lowest BCUT2D eigenvalue weighted by molar-refractivity contribution is -0.127. The van der Waals surface area contributed by atoms with Gasteiger partial charge in [0, 0.05) is 49.6 Å². The summed E-state index contributed by atoms with van der Waals surface area (Å²) >= 11 is 0. The summed E-state index contributed by atoms with van der Waals surface area (Å²) in [6.45, 7) is 5.36. The second-order valence-electron chi connectivity index (χ2n) is 9.57. The van der Waals surface area contributed by atoms with E-state index >= 15 is 0 Å². The minimum Gasteiger partial charge on any atom is -0.505 e. The Hall–Kier alpha value is -3.20. The summed E-state index contributed by atoms with van der Waals surface area (Å²) in [5, 5.41) is 17.6. The van der Waals surface area contributed by atoms with Gasteiger partial charge in [0.05, 0.1) is 11.6 Å². The molecule has 2 heterocycles. The number of fused-ring (bicyclic) bond motifs is 1. The molecule has 3 N–H and O–H groups in total. The molecule has 36 heavy (non-hydrogen) atoms. The number of halogens is 2. The maximum Gasteiger partial charge on any atom is 0.274 e. The van der Waals surface area contributed by atoms with Gasteiger partial charge in [-0.3, -0.25) is 9.59 Å². The molecule has 1 saturated heterocycles. The van der Waals surface area contributed by atoms with Crippen molar-refractivity contribution in [2.24, 2.45) is 5.92 Å². The van der Waals surface area contributed by atoms with Crippen LogP contribution in [0.15, 0.2) is 52.6 Å². The Labute approximate surface area is 210 Å². The molecular weight excluding hydrogens is 466 g/mol. The van der Waals surface area contributed by atoms with Crippen molar-refractivity contribution >= 4 is 11.8 Å². The third-order valence-corrected chi connectivity index (χ3v) is 7.00. The fourth-order valence-electron chi connectivity index (χ4n) is 4.70. The maximum absolute atomic E-state index is 14.2. The highest BCUT2D eigenvalue weighted by molar-refractivity contribution is 6.03. The zero-order valence-electron chi connectivity index (χ0n) is 21.0. The molecule has 0 radical (unpaired) electrons. The molecule has 4 rings (SSSR count). The monoisotopic (exact) mass is 500 g/mol. The third-order valence-electron chi connectivity index (χ3n) is 7.00. The largest absolute Gasteiger partial charge is 0.505 e. The molecule has 0 aromatic heterocycles. The van der Waals surface area contributed by atoms with E-state index in [0.29, 0.717) is 43.1 Å². The van der Waals surface area contributed by atoms with E-state index < -0.39 is 17.5 Å². The van der Waals surface area contributed by atoms with E-state index in [1.165, 1.54) is 23.8 Å². The van der Waals surface area contributed by atoms with Crippen molar-refractivity contribution in [3.05, 3.63) is 69.8 Å². The van der Waals surface area contributed by atoms with Crippen LogP contribution in [0.5, 0.6) is 0 Å². The minimum absolute atomic E-state index is 0.143. The van der Waals surface area contributed by atoms with Gasteiger partial charge in [-0.1, -0.05) is 19.1 Å². The lowest BCUT2D eigenvalue weighted by Crippen LogP contribution is -2.43. The first-order chi connectivity index (χ1) is 17.3. The van der Waals surface area contributed by atoms with E-state index in [-0.39, 0.29) is 41.1 Å². The van der Waals surface area contributed by atoms with E-state index in [1.54, 1.807) is 18.0 Å². The molecule has 2 fully saturated rings. The van der Waals surface area contributed by atoms with Crippen LogP contribution in [-0.2, 0) is 16.1 Å². The van der Waals surface area contributed by atoms with Gasteiger partial charge >= 0.3 is 0 Å². The average Bonchev–Trinajstić information content (AvgIpc) is 3.60. The number of likely N-dealkylation sites (N-methyl/N-ethyl adjacent to an activating group) is 1. The Morgan fingerprint density at radius 3 is 2.61 bits per heavy atom. The van der Waals surface area contributed by atoms with E-state index in [9.17, 15) is 23.5 Å². The Morgan fingerprint density at radius 1 is 1.22 bits per heavy atom. The van der Waals surface area contributed by atoms with Crippen LogP contribution in [0.4, 0.5) is 8.78 Å². The number of aliphatic hydroxyl groups is 1. The number of hydrogen-bond donors (Lipinski definition) is 3. The highest BCUT2D eigenvalue weighted by Crippen LogP contribution is 2.41. The summed E-state index contributed by atoms with van der Waals surface area (Å²) in [6, 6.07) is 3.04. The number of carbonyl (C=O) groups is 2. The smallest absolute Gasteiger partial charge is 0.274 e. The van der Waals surface area contributed by atoms with Gasteiger partial charge in [-0.2, -0.15) is 0 Å². The molecule has 9 heteroatoms. The molecule has 1 aliphatic carbocycles. The van der Waals surface area contributed by atoms with Crippen molar-refractivity contribution < 1.29 is 23.5 Å². The molecule has 2 aliphatic heterocycles. The Kier molecular flexibility index (Phi) is 7.78. The molecule has 0 bridgehead atoms. The van der Waals surface area contributed by atoms with E-state index in [4.69, 9.17) is 0 Å². The fraction of sp³-hybridized carbons (Fsp3) is 0.481. The number of carbonyl (C=O) groups excluding carboxylic acids is 2. The lowest BCUT2D eigenvalue weighted by atomic mass is 9.92. The van der Waals surface area contributed by atoms with Crippen molar-refractivity contribution in [3.63, 3.8) is 0 Å². The van der Waals surface area contributed by atoms with E-state index in [0.717, 1.165) is 18.7 Å². The number of nitrogens with zero attached hydrogens (tertiary/aromatic N) is 2. The predicted octanol–water partition coefficient (Wildman–Crippen LogP) is 3.51. The van der Waals surface area contributed by atoms with Crippen LogP contribution in [-0.4, -0.2) is 59.4 Å². The summed E-state index contributed by atoms with van der Waals surface area (Å²) in [5.41, 5.74) is 1.55. The van der Waals surface area contributed by atoms with Gasteiger partial charge in [0.15, 0.2) is 5.76 Å². The van der Waals surface area contributed by atoms with Crippen molar-refractivity contribution in [1.82, 2.24) is 20.4 Å². The van der Waals surface area contributed by atoms with Crippen molar-refractivity contribution in [2.45, 2.75) is 52.1 Å². The number of aliphatic hydroxyl groups excluding tert-OH is 1. The second kappa shape index (κ2) is 10.8. The highest BCUT2D eigenvalue weighted by atomic mass is 19.1. The quantitative estimate of drug-likeness (QED) is 0.483. The molecule has 1 unspecified atom stereocenters. The van der Waals surface area contributed by atoms with Crippen LogP contribution in [0.2, 0.25) is 0 Å². The molecule has 7 nitrogen and oxygen atoms in total. The van der Waals surface area contributed by atoms with E-state index in [1.807, 2.05) is 13.8 Å². The molecule has 1 saturated carbocycles. The molecule has 1 aromatic carbocycles. The summed E-state index contributed by atoms with van der Waals surface area (Å²) in [6.07, 6.45) is 5.28. The average molecular weight is 501 g/mol. The summed E-state index contributed by atoms with van der Waals surface area (Å²) in [7, 11) is 1.67. The number of benzene rings is 1. The van der Waals surface area contributed by atoms with E-state index in [2.05, 4.69) is 10.6 Å². The zero-order valence-corrected chi connectivity index (χ0v) is 21.0. The summed E-state index contributed by atoms with van der Waals surface area (Å²) in [5.74, 6) is -1.85. The first-order valence-corrected chi connectivity index (χ1v) is 12.6. The molecule has 194 valence electrons. The molecule has 1 aromatic rings. The standard InChI is InChI=1S/C27H34F2N4O3/c1-4-6-19-22(26(35)31-15-17-9-10-18(28)13-20(17)29)23-21(30-14-16-7-8-16)11-12-33(23)24(25(19)34)27(36)32(3)5-2/h6,9-10,13,16,21,30,34H,4-5,7-8,11-12,14-15H2,1-3H3,(H,31,35)/b19-6+. The molecule has 2 amide bonds. The minimum atomic E-state index is -0.745. The SMILES string of the molecule is CC/C=C1/C(O)=C(C(=O)N(C)CC)N2CCC(NCC3CC3)C2=C1C(=O)NCc1ccc(F)cc1F. The zero-order chi connectivity index (χ0) is 26.0. The molecule has 3 aliphatic rings. The van der Waals surface area contributed by atoms with Crippen molar-refractivity contribution in [1.29, 1.82) is 0 Å². The van der Waals surface area contributed by atoms with Crippen molar-refractivity contribution in [2.75, 3.05) is 26.7 Å². The fourth-order valence-corrected chi connectivity index (χ4v) is 4.70. The Morgan fingerprint density at radius 2 is 1.97 bits per heavy atom. The summed E-state index contributed by atoms with van der Waals surface area (Å²) in [4.78, 5) is 30.2. The molecule has 1 atom stereocenters. The van der Waals surface area contributed by atoms with Crippen LogP contribution >= 0.6 is 0 Å². The van der Waals surface area contributed by atoms with Gasteiger partial charge in [0.25, 0.3) is 11.8 Å². The number of hydrogen-bond acceptors (Lipinski definition) is 5. The number of allylic oxidation sites excluding steroid dienone is 2. The van der Waals surface area contributed by atoms with Crippen molar-refractivity contribution in [3.8, 4) is 0 Å². The Balaban J connectivity index is 1.72. The van der Waals surface area contributed by atoms with Gasteiger partial charge in [-0.15, -0.1) is 0 Å². The summed E-state index contributed by atoms with van der Waals surface area (Å²) < 4.78 is 27.5. The highest BCUT2D eigenvalue weighted by Gasteiger charge is 2.44. The molecule has 0 spiro atoms. The first kappa shape index (κ1) is 25.9. The lowest BCUT2D eigenvalue weighted by Gasteiger charge is -2.34. The van der Waals surface area contributed by atoms with Crippen LogP contribution in [0, 0.1) is 17.6 Å². The predicted molar refractivity (Wildman–Crippen MR) is 132 cm³/mol. The third kappa shape index (κ3) is 5.16. The Bertz CT molecular complexity index is 1140. The number of amides is 2. The first-order valence-electron chi connectivity index (χ1n) is 12.6. The topological polar surface area (TPSA) is 84.9 Å². The van der Waals surface area contributed by atoms with Gasteiger partial charge in [0.1, 0.15) is 17.3 Å². The van der Waals surface area contributed by atoms with Crippen LogP contribution in [0.1, 0.15) is 45.1 Å². The normalized spacial score (nSPS) is 20.8. The molecular formula is C27H34F2N4O3.